The van der Waals surface area contributed by atoms with Gasteiger partial charge in [-0.3, -0.25) is 0 Å². The Morgan fingerprint density at radius 1 is 1.00 bits per heavy atom. The Morgan fingerprint density at radius 3 is 1.94 bits per heavy atom. The SMILES string of the molecule is CC.CC1(C)OB(c2ccccc2)SC1(C)C. The first-order chi connectivity index (χ1) is 7.92. The lowest BCUT2D eigenvalue weighted by molar-refractivity contribution is 0.0938. The summed E-state index contributed by atoms with van der Waals surface area (Å²) in [6, 6.07) is 10.4. The third-order valence-corrected chi connectivity index (χ3v) is 4.99. The fourth-order valence-corrected chi connectivity index (χ4v) is 3.04. The van der Waals surface area contributed by atoms with E-state index in [-0.39, 0.29) is 16.5 Å². The molecule has 1 fully saturated rings. The van der Waals surface area contributed by atoms with Crippen molar-refractivity contribution >= 4 is 23.3 Å². The van der Waals surface area contributed by atoms with Gasteiger partial charge in [-0.05, 0) is 33.2 Å². The molecule has 0 saturated carbocycles. The maximum Gasteiger partial charge on any atom is 0.397 e. The zero-order chi connectivity index (χ0) is 13.1. The van der Waals surface area contributed by atoms with Crippen LogP contribution in [-0.4, -0.2) is 16.5 Å². The summed E-state index contributed by atoms with van der Waals surface area (Å²) >= 11 is 1.91. The fraction of sp³-hybridized carbons (Fsp3) is 0.571. The first kappa shape index (κ1) is 14.7. The van der Waals surface area contributed by atoms with E-state index in [0.717, 1.165) is 0 Å². The largest absolute Gasteiger partial charge is 0.416 e. The molecule has 0 N–H and O–H groups in total. The minimum absolute atomic E-state index is 0.0713. The molecule has 0 unspecified atom stereocenters. The highest BCUT2D eigenvalue weighted by Gasteiger charge is 2.50. The summed E-state index contributed by atoms with van der Waals surface area (Å²) in [5.41, 5.74) is 1.19. The van der Waals surface area contributed by atoms with Crippen molar-refractivity contribution in [2.24, 2.45) is 0 Å². The smallest absolute Gasteiger partial charge is 0.397 e. The first-order valence-electron chi connectivity index (χ1n) is 6.33. The molecule has 0 atom stereocenters. The molecule has 0 radical (unpaired) electrons. The minimum atomic E-state index is -0.0713. The van der Waals surface area contributed by atoms with Crippen molar-refractivity contribution in [2.75, 3.05) is 0 Å². The van der Waals surface area contributed by atoms with Crippen molar-refractivity contribution in [3.63, 3.8) is 0 Å². The monoisotopic (exact) mass is 250 g/mol. The molecule has 3 heteroatoms. The zero-order valence-electron chi connectivity index (χ0n) is 11.8. The van der Waals surface area contributed by atoms with E-state index >= 15 is 0 Å². The molecule has 1 nitrogen and oxygen atoms in total. The summed E-state index contributed by atoms with van der Waals surface area (Å²) in [5, 5.41) is 0. The van der Waals surface area contributed by atoms with Gasteiger partial charge in [0.2, 0.25) is 0 Å². The second-order valence-electron chi connectivity index (χ2n) is 5.00. The lowest BCUT2D eigenvalue weighted by Crippen LogP contribution is -2.39. The van der Waals surface area contributed by atoms with Crippen LogP contribution in [-0.2, 0) is 4.65 Å². The molecule has 0 aliphatic carbocycles. The van der Waals surface area contributed by atoms with Crippen molar-refractivity contribution in [3.05, 3.63) is 30.3 Å². The zero-order valence-corrected chi connectivity index (χ0v) is 12.6. The molecule has 0 spiro atoms. The van der Waals surface area contributed by atoms with Gasteiger partial charge in [-0.2, -0.15) is 11.6 Å². The molecule has 17 heavy (non-hydrogen) atoms. The summed E-state index contributed by atoms with van der Waals surface area (Å²) in [6.45, 7) is 12.8. The molecular weight excluding hydrogens is 227 g/mol. The first-order valence-corrected chi connectivity index (χ1v) is 7.21. The van der Waals surface area contributed by atoms with Crippen LogP contribution < -0.4 is 5.46 Å². The Kier molecular flexibility index (Phi) is 4.73. The van der Waals surface area contributed by atoms with Gasteiger partial charge in [0.1, 0.15) is 0 Å². The van der Waals surface area contributed by atoms with E-state index in [2.05, 4.69) is 52.0 Å². The summed E-state index contributed by atoms with van der Waals surface area (Å²) < 4.78 is 6.27. The molecule has 1 aliphatic rings. The quantitative estimate of drug-likeness (QED) is 0.702. The van der Waals surface area contributed by atoms with Gasteiger partial charge in [0, 0.05) is 4.75 Å². The number of rotatable bonds is 1. The highest BCUT2D eigenvalue weighted by atomic mass is 32.2. The van der Waals surface area contributed by atoms with Crippen LogP contribution in [0.25, 0.3) is 0 Å². The van der Waals surface area contributed by atoms with E-state index in [1.807, 2.05) is 31.5 Å². The second-order valence-corrected chi connectivity index (χ2v) is 6.68. The maximum absolute atomic E-state index is 6.11. The number of hydrogen-bond acceptors (Lipinski definition) is 2. The summed E-state index contributed by atoms with van der Waals surface area (Å²) in [4.78, 5) is 0. The van der Waals surface area contributed by atoms with Gasteiger partial charge in [0.25, 0.3) is 0 Å². The van der Waals surface area contributed by atoms with Gasteiger partial charge >= 0.3 is 6.19 Å². The predicted octanol–water partition coefficient (Wildman–Crippen LogP) is 3.73. The Morgan fingerprint density at radius 2 is 1.53 bits per heavy atom. The van der Waals surface area contributed by atoms with Crippen LogP contribution in [0.15, 0.2) is 30.3 Å². The third kappa shape index (κ3) is 3.08. The van der Waals surface area contributed by atoms with Gasteiger partial charge in [-0.15, -0.1) is 0 Å². The van der Waals surface area contributed by atoms with E-state index in [1.54, 1.807) is 0 Å². The van der Waals surface area contributed by atoms with Gasteiger partial charge < -0.3 is 4.65 Å². The van der Waals surface area contributed by atoms with Gasteiger partial charge in [-0.1, -0.05) is 44.2 Å². The molecular formula is C14H23BOS. The molecule has 1 aromatic rings. The molecule has 1 aromatic carbocycles. The van der Waals surface area contributed by atoms with Crippen LogP contribution >= 0.6 is 11.6 Å². The molecule has 1 aliphatic heterocycles. The third-order valence-electron chi connectivity index (χ3n) is 3.32. The highest BCUT2D eigenvalue weighted by molar-refractivity contribution is 8.27. The Bertz CT molecular complexity index is 332. The molecule has 0 bridgehead atoms. The van der Waals surface area contributed by atoms with Crippen molar-refractivity contribution in [3.8, 4) is 0 Å². The second kappa shape index (κ2) is 5.49. The topological polar surface area (TPSA) is 9.23 Å². The number of hydrogen-bond donors (Lipinski definition) is 0. The van der Waals surface area contributed by atoms with Crippen LogP contribution in [0, 0.1) is 0 Å². The van der Waals surface area contributed by atoms with Crippen molar-refractivity contribution in [2.45, 2.75) is 51.9 Å². The van der Waals surface area contributed by atoms with E-state index < -0.39 is 0 Å². The normalized spacial score (nSPS) is 20.7. The van der Waals surface area contributed by atoms with Gasteiger partial charge in [0.15, 0.2) is 0 Å². The van der Waals surface area contributed by atoms with Crippen LogP contribution in [0.5, 0.6) is 0 Å². The summed E-state index contributed by atoms with van der Waals surface area (Å²) in [6.07, 6.45) is 0.177. The lowest BCUT2D eigenvalue weighted by atomic mass is 9.84. The average Bonchev–Trinajstić information content (AvgIpc) is 2.52. The summed E-state index contributed by atoms with van der Waals surface area (Å²) in [7, 11) is 0. The standard InChI is InChI=1S/C12H17BOS.C2H6/c1-11(2)12(3,4)15-13(14-11)10-8-6-5-7-9-10;1-2/h5-9H,1-4H3;1-2H3. The van der Waals surface area contributed by atoms with E-state index in [4.69, 9.17) is 4.65 Å². The van der Waals surface area contributed by atoms with Gasteiger partial charge in [-0.25, -0.2) is 0 Å². The van der Waals surface area contributed by atoms with Crippen molar-refractivity contribution in [1.82, 2.24) is 0 Å². The molecule has 1 saturated heterocycles. The molecule has 94 valence electrons. The maximum atomic E-state index is 6.11. The van der Waals surface area contributed by atoms with Crippen LogP contribution in [0.3, 0.4) is 0 Å². The van der Waals surface area contributed by atoms with E-state index in [1.165, 1.54) is 5.46 Å². The Hall–Kier alpha value is -0.405. The van der Waals surface area contributed by atoms with Crippen LogP contribution in [0.2, 0.25) is 0 Å². The Balaban J connectivity index is 0.000000686. The molecule has 2 rings (SSSR count). The summed E-state index contributed by atoms with van der Waals surface area (Å²) in [5.74, 6) is 0. The molecule has 0 amide bonds. The van der Waals surface area contributed by atoms with E-state index in [9.17, 15) is 0 Å². The van der Waals surface area contributed by atoms with Crippen LogP contribution in [0.4, 0.5) is 0 Å². The minimum Gasteiger partial charge on any atom is -0.416 e. The van der Waals surface area contributed by atoms with Crippen molar-refractivity contribution < 1.29 is 4.65 Å². The number of benzene rings is 1. The van der Waals surface area contributed by atoms with E-state index in [0.29, 0.717) is 0 Å². The predicted molar refractivity (Wildman–Crippen MR) is 80.0 cm³/mol. The average molecular weight is 250 g/mol. The fourth-order valence-electron chi connectivity index (χ4n) is 1.59. The van der Waals surface area contributed by atoms with Crippen LogP contribution in [0.1, 0.15) is 41.5 Å². The van der Waals surface area contributed by atoms with Crippen molar-refractivity contribution in [1.29, 1.82) is 0 Å². The molecule has 1 heterocycles. The highest BCUT2D eigenvalue weighted by Crippen LogP contribution is 2.46. The Labute approximate surface area is 110 Å². The molecule has 0 aromatic heterocycles. The van der Waals surface area contributed by atoms with Gasteiger partial charge in [0.05, 0.1) is 5.60 Å². The lowest BCUT2D eigenvalue weighted by Gasteiger charge is -2.32.